The fourth-order valence-electron chi connectivity index (χ4n) is 2.05. The second kappa shape index (κ2) is 5.48. The van der Waals surface area contributed by atoms with Crippen LogP contribution in [0.4, 0.5) is 5.69 Å². The van der Waals surface area contributed by atoms with Crippen LogP contribution in [0.1, 0.15) is 36.7 Å². The maximum Gasteiger partial charge on any atom is 0.335 e. The summed E-state index contributed by atoms with van der Waals surface area (Å²) in [7, 11) is 0. The molecule has 4 heteroatoms. The summed E-state index contributed by atoms with van der Waals surface area (Å²) in [5.74, 6) is 0.0230. The third kappa shape index (κ3) is 3.34. The largest absolute Gasteiger partial charge is 0.478 e. The van der Waals surface area contributed by atoms with Gasteiger partial charge in [0.05, 0.1) is 11.3 Å². The highest BCUT2D eigenvalue weighted by molar-refractivity contribution is 5.89. The van der Waals surface area contributed by atoms with Crippen molar-refractivity contribution in [3.8, 4) is 11.5 Å². The first-order valence-corrected chi connectivity index (χ1v) is 6.69. The van der Waals surface area contributed by atoms with Crippen LogP contribution in [0.2, 0.25) is 0 Å². The Morgan fingerprint density at radius 3 is 2.38 bits per heavy atom. The Balaban J connectivity index is 2.44. The zero-order chi connectivity index (χ0) is 15.6. The van der Waals surface area contributed by atoms with Crippen molar-refractivity contribution in [3.05, 3.63) is 53.6 Å². The number of rotatable bonds is 3. The molecule has 0 saturated carbocycles. The molecule has 0 saturated heterocycles. The van der Waals surface area contributed by atoms with Gasteiger partial charge in [0.1, 0.15) is 5.75 Å². The lowest BCUT2D eigenvalue weighted by molar-refractivity contribution is 0.0696. The number of para-hydroxylation sites is 1. The number of carbonyl (C=O) groups is 1. The Kier molecular flexibility index (Phi) is 3.89. The highest BCUT2D eigenvalue weighted by Crippen LogP contribution is 2.36. The molecule has 3 N–H and O–H groups in total. The third-order valence-electron chi connectivity index (χ3n) is 3.18. The SMILES string of the molecule is CC(C)(C)c1ccccc1Oc1cc(C(=O)O)ccc1N. The molecule has 21 heavy (non-hydrogen) atoms. The smallest absolute Gasteiger partial charge is 0.335 e. The van der Waals surface area contributed by atoms with Crippen LogP contribution in [-0.4, -0.2) is 11.1 Å². The number of hydrogen-bond acceptors (Lipinski definition) is 3. The first-order valence-electron chi connectivity index (χ1n) is 6.69. The number of hydrogen-bond donors (Lipinski definition) is 2. The fourth-order valence-corrected chi connectivity index (χ4v) is 2.05. The highest BCUT2D eigenvalue weighted by atomic mass is 16.5. The monoisotopic (exact) mass is 285 g/mol. The van der Waals surface area contributed by atoms with E-state index in [0.29, 0.717) is 17.2 Å². The van der Waals surface area contributed by atoms with Crippen LogP contribution >= 0.6 is 0 Å². The van der Waals surface area contributed by atoms with Crippen molar-refractivity contribution in [1.82, 2.24) is 0 Å². The molecule has 0 fully saturated rings. The molecule has 0 spiro atoms. The van der Waals surface area contributed by atoms with Gasteiger partial charge >= 0.3 is 5.97 Å². The molecule has 2 aromatic carbocycles. The first kappa shape index (κ1) is 14.9. The molecule has 0 amide bonds. The summed E-state index contributed by atoms with van der Waals surface area (Å²) in [4.78, 5) is 11.0. The Hall–Kier alpha value is -2.49. The van der Waals surface area contributed by atoms with Crippen LogP contribution < -0.4 is 10.5 Å². The van der Waals surface area contributed by atoms with Gasteiger partial charge in [0.15, 0.2) is 5.75 Å². The van der Waals surface area contributed by atoms with Gasteiger partial charge in [0, 0.05) is 5.56 Å². The van der Waals surface area contributed by atoms with Crippen molar-refractivity contribution in [2.24, 2.45) is 0 Å². The van der Waals surface area contributed by atoms with Gasteiger partial charge in [-0.05, 0) is 29.7 Å². The van der Waals surface area contributed by atoms with E-state index in [4.69, 9.17) is 15.6 Å². The Bertz CT molecular complexity index is 672. The Morgan fingerprint density at radius 1 is 1.10 bits per heavy atom. The molecule has 0 heterocycles. The molecule has 0 unspecified atom stereocenters. The second-order valence-corrected chi connectivity index (χ2v) is 5.91. The zero-order valence-electron chi connectivity index (χ0n) is 12.4. The van der Waals surface area contributed by atoms with E-state index in [0.717, 1.165) is 5.56 Å². The standard InChI is InChI=1S/C17H19NO3/c1-17(2,3)12-6-4-5-7-14(12)21-15-10-11(16(19)20)8-9-13(15)18/h4-10H,18H2,1-3H3,(H,19,20). The summed E-state index contributed by atoms with van der Waals surface area (Å²) < 4.78 is 5.87. The van der Waals surface area contributed by atoms with E-state index < -0.39 is 5.97 Å². The first-order chi connectivity index (χ1) is 9.79. The summed E-state index contributed by atoms with van der Waals surface area (Å²) in [6.07, 6.45) is 0. The minimum absolute atomic E-state index is 0.0875. The predicted molar refractivity (Wildman–Crippen MR) is 83.0 cm³/mol. The van der Waals surface area contributed by atoms with Crippen LogP contribution in [0.5, 0.6) is 11.5 Å². The zero-order valence-corrected chi connectivity index (χ0v) is 12.4. The van der Waals surface area contributed by atoms with Gasteiger partial charge in [0.25, 0.3) is 0 Å². The molecule has 0 bridgehead atoms. The van der Waals surface area contributed by atoms with E-state index in [1.807, 2.05) is 24.3 Å². The van der Waals surface area contributed by atoms with Crippen LogP contribution in [0.25, 0.3) is 0 Å². The molecule has 2 rings (SSSR count). The van der Waals surface area contributed by atoms with Gasteiger partial charge in [-0.1, -0.05) is 39.0 Å². The number of nitrogen functional groups attached to an aromatic ring is 1. The summed E-state index contributed by atoms with van der Waals surface area (Å²) in [5, 5.41) is 9.05. The number of anilines is 1. The lowest BCUT2D eigenvalue weighted by Gasteiger charge is -2.23. The Labute approximate surface area is 124 Å². The second-order valence-electron chi connectivity index (χ2n) is 5.91. The number of carboxylic acids is 1. The van der Waals surface area contributed by atoms with Crippen LogP contribution in [0.15, 0.2) is 42.5 Å². The summed E-state index contributed by atoms with van der Waals surface area (Å²) in [6, 6.07) is 12.1. The molecule has 4 nitrogen and oxygen atoms in total. The molecular weight excluding hydrogens is 266 g/mol. The number of aromatic carboxylic acids is 1. The fraction of sp³-hybridized carbons (Fsp3) is 0.235. The molecule has 0 aromatic heterocycles. The molecule has 0 atom stereocenters. The van der Waals surface area contributed by atoms with Gasteiger partial charge < -0.3 is 15.6 Å². The molecule has 0 aliphatic rings. The maximum atomic E-state index is 11.0. The lowest BCUT2D eigenvalue weighted by atomic mass is 9.86. The highest BCUT2D eigenvalue weighted by Gasteiger charge is 2.19. The molecule has 110 valence electrons. The van der Waals surface area contributed by atoms with E-state index >= 15 is 0 Å². The molecule has 2 aromatic rings. The van der Waals surface area contributed by atoms with E-state index in [-0.39, 0.29) is 11.0 Å². The van der Waals surface area contributed by atoms with E-state index in [2.05, 4.69) is 20.8 Å². The van der Waals surface area contributed by atoms with Crippen molar-refractivity contribution in [2.45, 2.75) is 26.2 Å². The van der Waals surface area contributed by atoms with Crippen molar-refractivity contribution >= 4 is 11.7 Å². The van der Waals surface area contributed by atoms with E-state index in [1.165, 1.54) is 12.1 Å². The normalized spacial score (nSPS) is 11.2. The quantitative estimate of drug-likeness (QED) is 0.834. The summed E-state index contributed by atoms with van der Waals surface area (Å²) in [5.41, 5.74) is 7.38. The van der Waals surface area contributed by atoms with Gasteiger partial charge in [-0.25, -0.2) is 4.79 Å². The predicted octanol–water partition coefficient (Wildman–Crippen LogP) is 4.06. The average Bonchev–Trinajstić information content (AvgIpc) is 2.40. The maximum absolute atomic E-state index is 11.0. The Morgan fingerprint density at radius 2 is 1.76 bits per heavy atom. The van der Waals surface area contributed by atoms with Gasteiger partial charge in [-0.15, -0.1) is 0 Å². The number of benzene rings is 2. The molecule has 0 aliphatic heterocycles. The topological polar surface area (TPSA) is 72.5 Å². The minimum atomic E-state index is -1.01. The molecule has 0 aliphatic carbocycles. The van der Waals surface area contributed by atoms with Crippen molar-refractivity contribution in [3.63, 3.8) is 0 Å². The third-order valence-corrected chi connectivity index (χ3v) is 3.18. The van der Waals surface area contributed by atoms with Gasteiger partial charge in [0.2, 0.25) is 0 Å². The van der Waals surface area contributed by atoms with Crippen LogP contribution in [0.3, 0.4) is 0 Å². The summed E-state index contributed by atoms with van der Waals surface area (Å²) >= 11 is 0. The van der Waals surface area contributed by atoms with E-state index in [9.17, 15) is 4.79 Å². The van der Waals surface area contributed by atoms with E-state index in [1.54, 1.807) is 6.07 Å². The van der Waals surface area contributed by atoms with Crippen molar-refractivity contribution in [1.29, 1.82) is 0 Å². The number of carboxylic acid groups (broad SMARTS) is 1. The average molecular weight is 285 g/mol. The van der Waals surface area contributed by atoms with Crippen molar-refractivity contribution in [2.75, 3.05) is 5.73 Å². The minimum Gasteiger partial charge on any atom is -0.478 e. The van der Waals surface area contributed by atoms with Crippen molar-refractivity contribution < 1.29 is 14.6 Å². The van der Waals surface area contributed by atoms with Gasteiger partial charge in [-0.2, -0.15) is 0 Å². The summed E-state index contributed by atoms with van der Waals surface area (Å²) in [6.45, 7) is 6.27. The molecular formula is C17H19NO3. The lowest BCUT2D eigenvalue weighted by Crippen LogP contribution is -2.12. The van der Waals surface area contributed by atoms with Gasteiger partial charge in [-0.3, -0.25) is 0 Å². The molecule has 0 radical (unpaired) electrons. The number of nitrogens with two attached hydrogens (primary N) is 1. The number of ether oxygens (including phenoxy) is 1. The van der Waals surface area contributed by atoms with Crippen LogP contribution in [0, 0.1) is 0 Å². The van der Waals surface area contributed by atoms with Crippen LogP contribution in [-0.2, 0) is 5.41 Å².